The van der Waals surface area contributed by atoms with Gasteiger partial charge in [0.1, 0.15) is 5.82 Å². The first kappa shape index (κ1) is 11.8. The number of halogens is 1. The van der Waals surface area contributed by atoms with E-state index >= 15 is 0 Å². The van der Waals surface area contributed by atoms with Crippen LogP contribution in [0, 0.1) is 17.7 Å². The Labute approximate surface area is 102 Å². The molecule has 0 amide bonds. The quantitative estimate of drug-likeness (QED) is 0.726. The molecule has 0 spiro atoms. The highest BCUT2D eigenvalue weighted by atomic mass is 19.1. The fraction of sp³-hybridized carbons (Fsp3) is 0.188. The molecule has 0 aliphatic rings. The zero-order chi connectivity index (χ0) is 12.3. The van der Waals surface area contributed by atoms with Crippen molar-refractivity contribution < 1.29 is 4.39 Å². The summed E-state index contributed by atoms with van der Waals surface area (Å²) in [5, 5.41) is 0. The van der Waals surface area contributed by atoms with Crippen LogP contribution in [0.4, 0.5) is 4.39 Å². The largest absolute Gasteiger partial charge is 0.207 e. The van der Waals surface area contributed by atoms with Crippen molar-refractivity contribution in [3.05, 3.63) is 77.5 Å². The molecule has 0 bridgehead atoms. The number of hydrogen-bond acceptors (Lipinski definition) is 0. The summed E-state index contributed by atoms with van der Waals surface area (Å²) >= 11 is 0. The van der Waals surface area contributed by atoms with Gasteiger partial charge in [-0.2, -0.15) is 0 Å². The smallest absolute Gasteiger partial charge is 0.123 e. The third-order valence-corrected chi connectivity index (χ3v) is 2.82. The molecule has 87 valence electrons. The lowest BCUT2D eigenvalue weighted by atomic mass is 9.83. The summed E-state index contributed by atoms with van der Waals surface area (Å²) in [4.78, 5) is 0. The Morgan fingerprint density at radius 2 is 1.35 bits per heavy atom. The Balaban J connectivity index is 2.39. The van der Waals surface area contributed by atoms with Crippen LogP contribution >= 0.6 is 0 Å². The maximum absolute atomic E-state index is 12.9. The molecule has 0 saturated carbocycles. The van der Waals surface area contributed by atoms with Gasteiger partial charge in [0.05, 0.1) is 0 Å². The lowest BCUT2D eigenvalue weighted by Crippen LogP contribution is -2.09. The zero-order valence-electron chi connectivity index (χ0n) is 10.2. The fourth-order valence-electron chi connectivity index (χ4n) is 2.08. The first-order chi connectivity index (χ1) is 8.18. The molecular formula is C16H16F. The van der Waals surface area contributed by atoms with Crippen molar-refractivity contribution in [2.75, 3.05) is 0 Å². The van der Waals surface area contributed by atoms with Gasteiger partial charge in [-0.1, -0.05) is 56.3 Å². The van der Waals surface area contributed by atoms with Gasteiger partial charge in [0.25, 0.3) is 0 Å². The van der Waals surface area contributed by atoms with E-state index in [4.69, 9.17) is 0 Å². The van der Waals surface area contributed by atoms with E-state index in [2.05, 4.69) is 26.0 Å². The monoisotopic (exact) mass is 227 g/mol. The maximum Gasteiger partial charge on any atom is 0.123 e. The van der Waals surface area contributed by atoms with E-state index in [1.165, 1.54) is 23.6 Å². The van der Waals surface area contributed by atoms with Gasteiger partial charge in [0.2, 0.25) is 0 Å². The molecule has 17 heavy (non-hydrogen) atoms. The molecule has 1 heteroatoms. The molecule has 0 aromatic heterocycles. The summed E-state index contributed by atoms with van der Waals surface area (Å²) in [6, 6.07) is 17.0. The summed E-state index contributed by atoms with van der Waals surface area (Å²) in [6.07, 6.45) is 0. The summed E-state index contributed by atoms with van der Waals surface area (Å²) in [6.45, 7) is 4.32. The van der Waals surface area contributed by atoms with Gasteiger partial charge in [-0.15, -0.1) is 0 Å². The molecule has 0 fully saturated rings. The Hall–Kier alpha value is -1.63. The SMILES string of the molecule is CC(C)[C](c1ccccc1)c1ccc(F)cc1. The minimum absolute atomic E-state index is 0.190. The highest BCUT2D eigenvalue weighted by Crippen LogP contribution is 2.30. The predicted octanol–water partition coefficient (Wildman–Crippen LogP) is 4.45. The van der Waals surface area contributed by atoms with Crippen molar-refractivity contribution in [1.82, 2.24) is 0 Å². The van der Waals surface area contributed by atoms with Crippen LogP contribution in [0.25, 0.3) is 0 Å². The van der Waals surface area contributed by atoms with Crippen molar-refractivity contribution in [2.45, 2.75) is 13.8 Å². The second-order valence-electron chi connectivity index (χ2n) is 4.44. The highest BCUT2D eigenvalue weighted by Gasteiger charge is 2.18. The van der Waals surface area contributed by atoms with Crippen LogP contribution in [-0.2, 0) is 0 Å². The number of hydrogen-bond donors (Lipinski definition) is 0. The van der Waals surface area contributed by atoms with E-state index in [9.17, 15) is 4.39 Å². The minimum atomic E-state index is -0.190. The fourth-order valence-corrected chi connectivity index (χ4v) is 2.08. The number of rotatable bonds is 3. The second kappa shape index (κ2) is 5.13. The van der Waals surface area contributed by atoms with Gasteiger partial charge in [-0.3, -0.25) is 0 Å². The first-order valence-corrected chi connectivity index (χ1v) is 5.86. The van der Waals surface area contributed by atoms with E-state index in [1.54, 1.807) is 0 Å². The number of benzene rings is 2. The Bertz CT molecular complexity index is 457. The van der Waals surface area contributed by atoms with E-state index in [1.807, 2.05) is 30.3 Å². The van der Waals surface area contributed by atoms with Crippen molar-refractivity contribution >= 4 is 0 Å². The van der Waals surface area contributed by atoms with Gasteiger partial charge in [-0.25, -0.2) is 4.39 Å². The summed E-state index contributed by atoms with van der Waals surface area (Å²) in [7, 11) is 0. The summed E-state index contributed by atoms with van der Waals surface area (Å²) in [5.41, 5.74) is 2.29. The van der Waals surface area contributed by atoms with Crippen molar-refractivity contribution in [2.24, 2.45) is 5.92 Å². The predicted molar refractivity (Wildman–Crippen MR) is 69.1 cm³/mol. The third kappa shape index (κ3) is 2.73. The lowest BCUT2D eigenvalue weighted by Gasteiger charge is -2.21. The van der Waals surface area contributed by atoms with Crippen LogP contribution in [0.2, 0.25) is 0 Å². The Morgan fingerprint density at radius 3 is 1.88 bits per heavy atom. The molecule has 0 nitrogen and oxygen atoms in total. The molecule has 0 heterocycles. The molecule has 0 atom stereocenters. The molecule has 0 N–H and O–H groups in total. The highest BCUT2D eigenvalue weighted by molar-refractivity contribution is 5.46. The Kier molecular flexibility index (Phi) is 3.58. The molecule has 2 aromatic rings. The molecule has 0 aliphatic heterocycles. The van der Waals surface area contributed by atoms with Crippen molar-refractivity contribution in [3.8, 4) is 0 Å². The topological polar surface area (TPSA) is 0 Å². The molecule has 0 aliphatic carbocycles. The van der Waals surface area contributed by atoms with Gasteiger partial charge in [0, 0.05) is 5.92 Å². The van der Waals surface area contributed by atoms with Gasteiger partial charge in [0.15, 0.2) is 0 Å². The standard InChI is InChI=1S/C16H16F/c1-12(2)16(13-6-4-3-5-7-13)14-8-10-15(17)11-9-14/h3-12H,1-2H3. The average molecular weight is 227 g/mol. The molecular weight excluding hydrogens is 211 g/mol. The average Bonchev–Trinajstić information content (AvgIpc) is 2.33. The summed E-state index contributed by atoms with van der Waals surface area (Å²) in [5.74, 6) is 1.47. The van der Waals surface area contributed by atoms with Crippen LogP contribution < -0.4 is 0 Å². The zero-order valence-corrected chi connectivity index (χ0v) is 10.2. The van der Waals surface area contributed by atoms with Crippen molar-refractivity contribution in [1.29, 1.82) is 0 Å². The molecule has 0 unspecified atom stereocenters. The lowest BCUT2D eigenvalue weighted by molar-refractivity contribution is 0.626. The van der Waals surface area contributed by atoms with Crippen LogP contribution in [-0.4, -0.2) is 0 Å². The third-order valence-electron chi connectivity index (χ3n) is 2.82. The van der Waals surface area contributed by atoms with E-state index < -0.39 is 0 Å². The summed E-state index contributed by atoms with van der Waals surface area (Å²) < 4.78 is 12.9. The van der Waals surface area contributed by atoms with E-state index in [0.29, 0.717) is 5.92 Å². The van der Waals surface area contributed by atoms with Crippen LogP contribution in [0.1, 0.15) is 25.0 Å². The molecule has 2 rings (SSSR count). The minimum Gasteiger partial charge on any atom is -0.207 e. The maximum atomic E-state index is 12.9. The van der Waals surface area contributed by atoms with E-state index in [-0.39, 0.29) is 5.82 Å². The van der Waals surface area contributed by atoms with E-state index in [0.717, 1.165) is 5.56 Å². The Morgan fingerprint density at radius 1 is 0.824 bits per heavy atom. The van der Waals surface area contributed by atoms with Gasteiger partial charge >= 0.3 is 0 Å². The van der Waals surface area contributed by atoms with Crippen molar-refractivity contribution in [3.63, 3.8) is 0 Å². The molecule has 1 radical (unpaired) electrons. The second-order valence-corrected chi connectivity index (χ2v) is 4.44. The van der Waals surface area contributed by atoms with Crippen LogP contribution in [0.3, 0.4) is 0 Å². The van der Waals surface area contributed by atoms with Gasteiger partial charge < -0.3 is 0 Å². The van der Waals surface area contributed by atoms with Crippen LogP contribution in [0.5, 0.6) is 0 Å². The molecule has 0 saturated heterocycles. The first-order valence-electron chi connectivity index (χ1n) is 5.86. The van der Waals surface area contributed by atoms with Crippen LogP contribution in [0.15, 0.2) is 54.6 Å². The van der Waals surface area contributed by atoms with Gasteiger partial charge in [-0.05, 0) is 29.2 Å². The molecule has 2 aromatic carbocycles. The normalized spacial score (nSPS) is 11.1.